The summed E-state index contributed by atoms with van der Waals surface area (Å²) in [6.45, 7) is 5.56. The van der Waals surface area contributed by atoms with Crippen LogP contribution in [0.5, 0.6) is 0 Å². The van der Waals surface area contributed by atoms with Crippen molar-refractivity contribution in [3.63, 3.8) is 0 Å². The van der Waals surface area contributed by atoms with Crippen LogP contribution in [0.1, 0.15) is 41.5 Å². The largest absolute Gasteiger partial charge is 0.347 e. The van der Waals surface area contributed by atoms with Gasteiger partial charge in [-0.3, -0.25) is 9.59 Å². The lowest BCUT2D eigenvalue weighted by molar-refractivity contribution is 0.0919. The third-order valence-electron chi connectivity index (χ3n) is 3.05. The molecule has 0 saturated carbocycles. The molecule has 4 nitrogen and oxygen atoms in total. The molecule has 0 atom stereocenters. The first kappa shape index (κ1) is 17.6. The fraction of sp³-hybridized carbons (Fsp3) is 0.222. The lowest BCUT2D eigenvalue weighted by Gasteiger charge is -2.20. The number of nitrogens with one attached hydrogen (secondary N) is 2. The minimum absolute atomic E-state index is 0.128. The smallest absolute Gasteiger partial charge is 0.255 e. The van der Waals surface area contributed by atoms with Gasteiger partial charge in [0.05, 0.1) is 0 Å². The predicted molar refractivity (Wildman–Crippen MR) is 88.0 cm³/mol. The molecular formula is C18H18F2N2O2. The van der Waals surface area contributed by atoms with Crippen LogP contribution in [0.2, 0.25) is 0 Å². The van der Waals surface area contributed by atoms with Gasteiger partial charge in [-0.05, 0) is 51.1 Å². The fourth-order valence-electron chi connectivity index (χ4n) is 1.99. The number of halogens is 2. The Morgan fingerprint density at radius 1 is 0.875 bits per heavy atom. The average molecular weight is 332 g/mol. The molecule has 6 heteroatoms. The SMILES string of the molecule is CC(C)(C)NC(=O)c1cccc(C(=O)Nc2ccc(F)c(F)c2)c1. The molecule has 126 valence electrons. The number of anilines is 1. The summed E-state index contributed by atoms with van der Waals surface area (Å²) in [5.41, 5.74) is 0.300. The Morgan fingerprint density at radius 3 is 2.08 bits per heavy atom. The van der Waals surface area contributed by atoms with Gasteiger partial charge < -0.3 is 10.6 Å². The number of carbonyl (C=O) groups excluding carboxylic acids is 2. The highest BCUT2D eigenvalue weighted by atomic mass is 19.2. The van der Waals surface area contributed by atoms with Crippen LogP contribution in [-0.2, 0) is 0 Å². The second kappa shape index (κ2) is 6.78. The van der Waals surface area contributed by atoms with Gasteiger partial charge in [0.15, 0.2) is 11.6 Å². The average Bonchev–Trinajstić information content (AvgIpc) is 2.49. The molecule has 0 aliphatic rings. The molecule has 2 amide bonds. The van der Waals surface area contributed by atoms with Gasteiger partial charge in [0.1, 0.15) is 0 Å². The number of rotatable bonds is 3. The van der Waals surface area contributed by atoms with E-state index >= 15 is 0 Å². The summed E-state index contributed by atoms with van der Waals surface area (Å²) in [5.74, 6) is -2.86. The lowest BCUT2D eigenvalue weighted by Crippen LogP contribution is -2.40. The Balaban J connectivity index is 2.16. The van der Waals surface area contributed by atoms with Gasteiger partial charge in [-0.15, -0.1) is 0 Å². The molecule has 2 N–H and O–H groups in total. The van der Waals surface area contributed by atoms with Gasteiger partial charge in [-0.1, -0.05) is 6.07 Å². The zero-order chi connectivity index (χ0) is 17.9. The first-order valence-corrected chi connectivity index (χ1v) is 7.35. The molecule has 24 heavy (non-hydrogen) atoms. The van der Waals surface area contributed by atoms with E-state index in [1.807, 2.05) is 20.8 Å². The molecule has 0 aliphatic carbocycles. The van der Waals surface area contributed by atoms with Crippen molar-refractivity contribution in [2.24, 2.45) is 0 Å². The molecule has 0 heterocycles. The van der Waals surface area contributed by atoms with Crippen molar-refractivity contribution in [3.8, 4) is 0 Å². The molecule has 0 radical (unpaired) electrons. The zero-order valence-electron chi connectivity index (χ0n) is 13.6. The molecule has 0 bridgehead atoms. The van der Waals surface area contributed by atoms with E-state index in [1.54, 1.807) is 12.1 Å². The van der Waals surface area contributed by atoms with Crippen LogP contribution in [-0.4, -0.2) is 17.4 Å². The molecule has 0 aliphatic heterocycles. The summed E-state index contributed by atoms with van der Waals surface area (Å²) in [6, 6.07) is 9.22. The van der Waals surface area contributed by atoms with E-state index in [2.05, 4.69) is 10.6 Å². The number of hydrogen-bond acceptors (Lipinski definition) is 2. The van der Waals surface area contributed by atoms with Crippen molar-refractivity contribution in [1.29, 1.82) is 0 Å². The number of carbonyl (C=O) groups is 2. The van der Waals surface area contributed by atoms with E-state index in [0.29, 0.717) is 5.56 Å². The van der Waals surface area contributed by atoms with E-state index < -0.39 is 23.1 Å². The fourth-order valence-corrected chi connectivity index (χ4v) is 1.99. The second-order valence-electron chi connectivity index (χ2n) is 6.37. The van der Waals surface area contributed by atoms with Gasteiger partial charge in [-0.2, -0.15) is 0 Å². The highest BCUT2D eigenvalue weighted by Crippen LogP contribution is 2.15. The Morgan fingerprint density at radius 2 is 1.50 bits per heavy atom. The highest BCUT2D eigenvalue weighted by Gasteiger charge is 2.16. The van der Waals surface area contributed by atoms with Gasteiger partial charge in [0.2, 0.25) is 0 Å². The summed E-state index contributed by atoms with van der Waals surface area (Å²) in [5, 5.41) is 5.27. The minimum Gasteiger partial charge on any atom is -0.347 e. The third kappa shape index (κ3) is 4.62. The standard InChI is InChI=1S/C18H18F2N2O2/c1-18(2,3)22-17(24)12-6-4-5-11(9-12)16(23)21-13-7-8-14(19)15(20)10-13/h4-10H,1-3H3,(H,21,23)(H,22,24). The van der Waals surface area contributed by atoms with Crippen molar-refractivity contribution < 1.29 is 18.4 Å². The topological polar surface area (TPSA) is 58.2 Å². The number of hydrogen-bond donors (Lipinski definition) is 2. The maximum atomic E-state index is 13.2. The Bertz CT molecular complexity index is 783. The number of benzene rings is 2. The zero-order valence-corrected chi connectivity index (χ0v) is 13.6. The summed E-state index contributed by atoms with van der Waals surface area (Å²) >= 11 is 0. The van der Waals surface area contributed by atoms with Crippen molar-refractivity contribution in [1.82, 2.24) is 5.32 Å². The van der Waals surface area contributed by atoms with Crippen LogP contribution < -0.4 is 10.6 Å². The van der Waals surface area contributed by atoms with Crippen molar-refractivity contribution in [2.45, 2.75) is 26.3 Å². The van der Waals surface area contributed by atoms with Crippen molar-refractivity contribution in [3.05, 3.63) is 65.2 Å². The predicted octanol–water partition coefficient (Wildman–Crippen LogP) is 3.75. The number of amides is 2. The summed E-state index contributed by atoms with van der Waals surface area (Å²) in [7, 11) is 0. The monoisotopic (exact) mass is 332 g/mol. The summed E-state index contributed by atoms with van der Waals surface area (Å²) in [4.78, 5) is 24.4. The first-order valence-electron chi connectivity index (χ1n) is 7.35. The van der Waals surface area contributed by atoms with Gasteiger partial charge in [0, 0.05) is 28.4 Å². The normalized spacial score (nSPS) is 11.0. The van der Waals surface area contributed by atoms with Gasteiger partial charge in [-0.25, -0.2) is 8.78 Å². The summed E-state index contributed by atoms with van der Waals surface area (Å²) < 4.78 is 26.1. The molecule has 0 unspecified atom stereocenters. The first-order chi connectivity index (χ1) is 11.2. The van der Waals surface area contributed by atoms with Crippen LogP contribution in [0, 0.1) is 11.6 Å². The maximum Gasteiger partial charge on any atom is 0.255 e. The molecule has 0 aromatic heterocycles. The van der Waals surface area contributed by atoms with Crippen LogP contribution in [0.25, 0.3) is 0 Å². The maximum absolute atomic E-state index is 13.2. The van der Waals surface area contributed by atoms with Crippen LogP contribution >= 0.6 is 0 Å². The second-order valence-corrected chi connectivity index (χ2v) is 6.37. The van der Waals surface area contributed by atoms with E-state index in [9.17, 15) is 18.4 Å². The minimum atomic E-state index is -1.05. The van der Waals surface area contributed by atoms with Gasteiger partial charge >= 0.3 is 0 Å². The lowest BCUT2D eigenvalue weighted by atomic mass is 10.1. The molecule has 2 aromatic rings. The van der Waals surface area contributed by atoms with E-state index in [0.717, 1.165) is 12.1 Å². The van der Waals surface area contributed by atoms with Crippen LogP contribution in [0.4, 0.5) is 14.5 Å². The molecule has 0 fully saturated rings. The highest BCUT2D eigenvalue weighted by molar-refractivity contribution is 6.06. The van der Waals surface area contributed by atoms with Crippen LogP contribution in [0.3, 0.4) is 0 Å². The molecular weight excluding hydrogens is 314 g/mol. The molecule has 0 saturated heterocycles. The third-order valence-corrected chi connectivity index (χ3v) is 3.05. The Hall–Kier alpha value is -2.76. The van der Waals surface area contributed by atoms with Crippen molar-refractivity contribution in [2.75, 3.05) is 5.32 Å². The van der Waals surface area contributed by atoms with E-state index in [4.69, 9.17) is 0 Å². The van der Waals surface area contributed by atoms with E-state index in [1.165, 1.54) is 18.2 Å². The quantitative estimate of drug-likeness (QED) is 0.899. The van der Waals surface area contributed by atoms with Crippen molar-refractivity contribution >= 4 is 17.5 Å². The van der Waals surface area contributed by atoms with Crippen LogP contribution in [0.15, 0.2) is 42.5 Å². The summed E-state index contributed by atoms with van der Waals surface area (Å²) in [6.07, 6.45) is 0. The Labute approximate surface area is 138 Å². The molecule has 2 rings (SSSR count). The molecule has 0 spiro atoms. The molecule has 2 aromatic carbocycles. The Kier molecular flexibility index (Phi) is 4.97. The van der Waals surface area contributed by atoms with E-state index in [-0.39, 0.29) is 17.2 Å². The van der Waals surface area contributed by atoms with Gasteiger partial charge in [0.25, 0.3) is 11.8 Å².